The second-order valence-corrected chi connectivity index (χ2v) is 5.02. The van der Waals surface area contributed by atoms with Gasteiger partial charge >= 0.3 is 0 Å². The molecule has 3 heteroatoms. The summed E-state index contributed by atoms with van der Waals surface area (Å²) >= 11 is 0. The second-order valence-electron chi connectivity index (χ2n) is 5.02. The van der Waals surface area contributed by atoms with Crippen molar-refractivity contribution in [2.45, 2.75) is 46.5 Å². The fourth-order valence-corrected chi connectivity index (χ4v) is 1.75. The van der Waals surface area contributed by atoms with E-state index < -0.39 is 0 Å². The maximum absolute atomic E-state index is 8.90. The van der Waals surface area contributed by atoms with E-state index in [2.05, 4.69) is 17.9 Å². The first-order valence-electron chi connectivity index (χ1n) is 6.30. The molecular formula is C13H26N2O. The standard InChI is InChI=1S/C13H26N2O/c1-4-8-15(10-11-16)9-6-5-7-13(2,3)12-14/h16H,4-11H2,1-3H3. The molecule has 0 aromatic rings. The largest absolute Gasteiger partial charge is 0.395 e. The zero-order valence-corrected chi connectivity index (χ0v) is 11.0. The lowest BCUT2D eigenvalue weighted by Crippen LogP contribution is -2.29. The molecule has 0 bridgehead atoms. The average Bonchev–Trinajstić information content (AvgIpc) is 2.25. The molecule has 0 saturated heterocycles. The first-order chi connectivity index (χ1) is 7.55. The third-order valence-electron chi connectivity index (χ3n) is 2.78. The van der Waals surface area contributed by atoms with Crippen molar-refractivity contribution in [1.82, 2.24) is 4.90 Å². The van der Waals surface area contributed by atoms with E-state index >= 15 is 0 Å². The highest BCUT2D eigenvalue weighted by Gasteiger charge is 2.15. The normalized spacial score (nSPS) is 11.8. The molecule has 0 unspecified atom stereocenters. The van der Waals surface area contributed by atoms with Gasteiger partial charge in [-0.15, -0.1) is 0 Å². The fraction of sp³-hybridized carbons (Fsp3) is 0.923. The Labute approximate surface area is 100 Å². The molecule has 94 valence electrons. The summed E-state index contributed by atoms with van der Waals surface area (Å²) < 4.78 is 0. The average molecular weight is 226 g/mol. The van der Waals surface area contributed by atoms with Crippen LogP contribution in [0.5, 0.6) is 0 Å². The van der Waals surface area contributed by atoms with Crippen molar-refractivity contribution in [3.8, 4) is 6.07 Å². The summed E-state index contributed by atoms with van der Waals surface area (Å²) in [7, 11) is 0. The molecule has 0 amide bonds. The number of nitrogens with zero attached hydrogens (tertiary/aromatic N) is 2. The predicted octanol–water partition coefficient (Wildman–Crippen LogP) is 2.41. The van der Waals surface area contributed by atoms with Crippen molar-refractivity contribution < 1.29 is 5.11 Å². The number of aliphatic hydroxyl groups excluding tert-OH is 1. The lowest BCUT2D eigenvalue weighted by Gasteiger charge is -2.21. The van der Waals surface area contributed by atoms with Crippen LogP contribution < -0.4 is 0 Å². The third kappa shape index (κ3) is 7.67. The van der Waals surface area contributed by atoms with Gasteiger partial charge in [0.05, 0.1) is 18.1 Å². The molecule has 0 heterocycles. The maximum Gasteiger partial charge on any atom is 0.0683 e. The van der Waals surface area contributed by atoms with Crippen LogP contribution in [0.1, 0.15) is 46.5 Å². The van der Waals surface area contributed by atoms with E-state index in [1.165, 1.54) is 0 Å². The second kappa shape index (κ2) is 8.55. The van der Waals surface area contributed by atoms with E-state index in [4.69, 9.17) is 10.4 Å². The highest BCUT2D eigenvalue weighted by atomic mass is 16.3. The van der Waals surface area contributed by atoms with E-state index in [0.717, 1.165) is 45.3 Å². The van der Waals surface area contributed by atoms with Crippen molar-refractivity contribution >= 4 is 0 Å². The Hall–Kier alpha value is -0.590. The molecule has 0 fully saturated rings. The summed E-state index contributed by atoms with van der Waals surface area (Å²) in [6.07, 6.45) is 4.30. The van der Waals surface area contributed by atoms with Gasteiger partial charge in [0.25, 0.3) is 0 Å². The first kappa shape index (κ1) is 15.4. The Morgan fingerprint density at radius 1 is 1.19 bits per heavy atom. The quantitative estimate of drug-likeness (QED) is 0.614. The number of aliphatic hydroxyl groups is 1. The van der Waals surface area contributed by atoms with Crippen molar-refractivity contribution in [2.75, 3.05) is 26.2 Å². The van der Waals surface area contributed by atoms with Crippen LogP contribution in [0.3, 0.4) is 0 Å². The van der Waals surface area contributed by atoms with Gasteiger partial charge in [0.2, 0.25) is 0 Å². The molecule has 16 heavy (non-hydrogen) atoms. The first-order valence-corrected chi connectivity index (χ1v) is 6.30. The molecule has 0 aromatic heterocycles. The number of hydrogen-bond acceptors (Lipinski definition) is 3. The number of hydrogen-bond donors (Lipinski definition) is 1. The molecule has 0 spiro atoms. The van der Waals surface area contributed by atoms with Gasteiger partial charge in [0.1, 0.15) is 0 Å². The molecule has 0 radical (unpaired) electrons. The smallest absolute Gasteiger partial charge is 0.0683 e. The summed E-state index contributed by atoms with van der Waals surface area (Å²) in [6, 6.07) is 2.33. The summed E-state index contributed by atoms with van der Waals surface area (Å²) in [5.41, 5.74) is -0.188. The fourth-order valence-electron chi connectivity index (χ4n) is 1.75. The van der Waals surface area contributed by atoms with Crippen LogP contribution in [0.2, 0.25) is 0 Å². The van der Waals surface area contributed by atoms with Crippen LogP contribution in [-0.4, -0.2) is 36.2 Å². The van der Waals surface area contributed by atoms with Crippen LogP contribution in [0, 0.1) is 16.7 Å². The molecule has 1 N–H and O–H groups in total. The van der Waals surface area contributed by atoms with Gasteiger partial charge in [0, 0.05) is 6.54 Å². The van der Waals surface area contributed by atoms with E-state index in [9.17, 15) is 0 Å². The molecule has 0 aliphatic heterocycles. The number of rotatable bonds is 9. The van der Waals surface area contributed by atoms with Crippen molar-refractivity contribution in [3.63, 3.8) is 0 Å². The highest BCUT2D eigenvalue weighted by Crippen LogP contribution is 2.21. The molecular weight excluding hydrogens is 200 g/mol. The molecule has 0 aromatic carbocycles. The summed E-state index contributed by atoms with van der Waals surface area (Å²) in [6.45, 7) is 9.25. The van der Waals surface area contributed by atoms with Crippen LogP contribution in [-0.2, 0) is 0 Å². The minimum absolute atomic E-state index is 0.188. The maximum atomic E-state index is 8.90. The Balaban J connectivity index is 3.66. The van der Waals surface area contributed by atoms with Crippen LogP contribution >= 0.6 is 0 Å². The van der Waals surface area contributed by atoms with E-state index in [0.29, 0.717) is 0 Å². The number of unbranched alkanes of at least 4 members (excludes halogenated alkanes) is 1. The summed E-state index contributed by atoms with van der Waals surface area (Å²) in [4.78, 5) is 2.29. The minimum Gasteiger partial charge on any atom is -0.395 e. The molecule has 0 aliphatic rings. The van der Waals surface area contributed by atoms with Gasteiger partial charge in [-0.05, 0) is 46.2 Å². The molecule has 0 saturated carbocycles. The third-order valence-corrected chi connectivity index (χ3v) is 2.78. The van der Waals surface area contributed by atoms with Crippen molar-refractivity contribution in [3.05, 3.63) is 0 Å². The zero-order valence-electron chi connectivity index (χ0n) is 11.0. The summed E-state index contributed by atoms with van der Waals surface area (Å²) in [5.74, 6) is 0. The van der Waals surface area contributed by atoms with Gasteiger partial charge in [-0.3, -0.25) is 0 Å². The van der Waals surface area contributed by atoms with E-state index in [1.807, 2.05) is 13.8 Å². The van der Waals surface area contributed by atoms with Gasteiger partial charge in [-0.2, -0.15) is 5.26 Å². The van der Waals surface area contributed by atoms with Gasteiger partial charge in [-0.25, -0.2) is 0 Å². The SMILES string of the molecule is CCCN(CCO)CCCCC(C)(C)C#N. The molecule has 3 nitrogen and oxygen atoms in total. The molecule has 0 rings (SSSR count). The molecule has 0 atom stereocenters. The van der Waals surface area contributed by atoms with E-state index in [1.54, 1.807) is 0 Å². The Bertz CT molecular complexity index is 202. The van der Waals surface area contributed by atoms with Gasteiger partial charge in [0.15, 0.2) is 0 Å². The van der Waals surface area contributed by atoms with Crippen molar-refractivity contribution in [1.29, 1.82) is 5.26 Å². The highest BCUT2D eigenvalue weighted by molar-refractivity contribution is 4.91. The number of nitriles is 1. The topological polar surface area (TPSA) is 47.3 Å². The van der Waals surface area contributed by atoms with Crippen LogP contribution in [0.4, 0.5) is 0 Å². The Morgan fingerprint density at radius 2 is 1.88 bits per heavy atom. The monoisotopic (exact) mass is 226 g/mol. The predicted molar refractivity (Wildman–Crippen MR) is 67.1 cm³/mol. The summed E-state index contributed by atoms with van der Waals surface area (Å²) in [5, 5.41) is 17.8. The van der Waals surface area contributed by atoms with Gasteiger partial charge < -0.3 is 10.0 Å². The Kier molecular flexibility index (Phi) is 8.23. The van der Waals surface area contributed by atoms with Crippen LogP contribution in [0.15, 0.2) is 0 Å². The van der Waals surface area contributed by atoms with E-state index in [-0.39, 0.29) is 12.0 Å². The van der Waals surface area contributed by atoms with Crippen LogP contribution in [0.25, 0.3) is 0 Å². The Morgan fingerprint density at radius 3 is 2.38 bits per heavy atom. The lowest BCUT2D eigenvalue weighted by atomic mass is 9.89. The van der Waals surface area contributed by atoms with Crippen molar-refractivity contribution in [2.24, 2.45) is 5.41 Å². The zero-order chi connectivity index (χ0) is 12.4. The van der Waals surface area contributed by atoms with Gasteiger partial charge in [-0.1, -0.05) is 13.3 Å². The lowest BCUT2D eigenvalue weighted by molar-refractivity contribution is 0.192. The minimum atomic E-state index is -0.188. The molecule has 0 aliphatic carbocycles.